The summed E-state index contributed by atoms with van der Waals surface area (Å²) in [5.74, 6) is 0. The summed E-state index contributed by atoms with van der Waals surface area (Å²) in [5, 5.41) is 0. The monoisotopic (exact) mass is 383 g/mol. The maximum atomic E-state index is 13.4. The Morgan fingerprint density at radius 3 is 2.37 bits per heavy atom. The van der Waals surface area contributed by atoms with Crippen LogP contribution in [-0.2, 0) is 16.4 Å². The molecule has 0 amide bonds. The van der Waals surface area contributed by atoms with E-state index in [1.165, 1.54) is 5.56 Å². The molecule has 0 saturated heterocycles. The molecule has 1 heterocycles. The minimum atomic E-state index is -3.45. The minimum absolute atomic E-state index is 0.415. The molecule has 1 aliphatic rings. The van der Waals surface area contributed by atoms with E-state index in [0.717, 1.165) is 50.0 Å². The Bertz CT molecular complexity index is 884. The lowest BCUT2D eigenvalue weighted by molar-refractivity contribution is 0.298. The Hall–Kier alpha value is -2.07. The van der Waals surface area contributed by atoms with E-state index >= 15 is 0 Å². The van der Waals surface area contributed by atoms with Crippen molar-refractivity contribution in [3.8, 4) is 0 Å². The van der Waals surface area contributed by atoms with Gasteiger partial charge in [0, 0.05) is 18.8 Å². The highest BCUT2D eigenvalue weighted by molar-refractivity contribution is 7.95. The van der Waals surface area contributed by atoms with Gasteiger partial charge in [-0.2, -0.15) is 0 Å². The number of benzene rings is 2. The molecule has 2 aromatic rings. The van der Waals surface area contributed by atoms with Crippen LogP contribution in [0.25, 0.3) is 0 Å². The van der Waals surface area contributed by atoms with Crippen LogP contribution in [0.15, 0.2) is 70.1 Å². The Morgan fingerprint density at radius 1 is 1.00 bits per heavy atom. The number of sulfone groups is 1. The second-order valence-corrected chi connectivity index (χ2v) is 9.27. The van der Waals surface area contributed by atoms with Crippen LogP contribution in [0.1, 0.15) is 50.2 Å². The van der Waals surface area contributed by atoms with Gasteiger partial charge in [-0.3, -0.25) is 0 Å². The van der Waals surface area contributed by atoms with Gasteiger partial charge < -0.3 is 4.90 Å². The van der Waals surface area contributed by atoms with Crippen LogP contribution in [0, 0.1) is 6.92 Å². The van der Waals surface area contributed by atoms with Gasteiger partial charge >= 0.3 is 0 Å². The van der Waals surface area contributed by atoms with Crippen LogP contribution >= 0.6 is 0 Å². The van der Waals surface area contributed by atoms with Crippen molar-refractivity contribution in [2.75, 3.05) is 6.54 Å². The highest BCUT2D eigenvalue weighted by Gasteiger charge is 2.29. The fourth-order valence-corrected chi connectivity index (χ4v) is 5.39. The van der Waals surface area contributed by atoms with Gasteiger partial charge in [0.1, 0.15) is 0 Å². The molecule has 3 rings (SSSR count). The SMILES string of the molecule is CCCCC1=C(S(=O)(=O)c2ccc(C)cc2)CCCN1Cc1ccccc1. The van der Waals surface area contributed by atoms with Crippen molar-refractivity contribution >= 4 is 9.84 Å². The van der Waals surface area contributed by atoms with E-state index < -0.39 is 9.84 Å². The van der Waals surface area contributed by atoms with Gasteiger partial charge in [0.05, 0.1) is 9.80 Å². The zero-order valence-corrected chi connectivity index (χ0v) is 17.1. The van der Waals surface area contributed by atoms with E-state index in [-0.39, 0.29) is 0 Å². The first-order valence-corrected chi connectivity index (χ1v) is 11.3. The Balaban J connectivity index is 2.00. The number of aryl methyl sites for hydroxylation is 1. The number of hydrogen-bond acceptors (Lipinski definition) is 3. The van der Waals surface area contributed by atoms with Gasteiger partial charge in [0.15, 0.2) is 0 Å². The van der Waals surface area contributed by atoms with Crippen LogP contribution in [0.3, 0.4) is 0 Å². The zero-order valence-electron chi connectivity index (χ0n) is 16.3. The van der Waals surface area contributed by atoms with E-state index in [4.69, 9.17) is 0 Å². The second kappa shape index (κ2) is 8.75. The lowest BCUT2D eigenvalue weighted by atomic mass is 10.1. The third-order valence-electron chi connectivity index (χ3n) is 5.17. The number of allylic oxidation sites excluding steroid dienone is 2. The first-order chi connectivity index (χ1) is 13.0. The lowest BCUT2D eigenvalue weighted by Crippen LogP contribution is -2.30. The second-order valence-electron chi connectivity index (χ2n) is 7.30. The van der Waals surface area contributed by atoms with Crippen molar-refractivity contribution in [2.45, 2.75) is 57.4 Å². The third kappa shape index (κ3) is 4.62. The molecule has 0 N–H and O–H groups in total. The summed E-state index contributed by atoms with van der Waals surface area (Å²) in [6.45, 7) is 5.82. The van der Waals surface area contributed by atoms with Crippen molar-refractivity contribution in [3.05, 3.63) is 76.3 Å². The fraction of sp³-hybridized carbons (Fsp3) is 0.391. The molecule has 3 nitrogen and oxygen atoms in total. The molecule has 0 saturated carbocycles. The summed E-state index contributed by atoms with van der Waals surface area (Å²) in [7, 11) is -3.45. The van der Waals surface area contributed by atoms with Crippen LogP contribution in [0.2, 0.25) is 0 Å². The van der Waals surface area contributed by atoms with Crippen LogP contribution in [-0.4, -0.2) is 19.9 Å². The number of nitrogens with zero attached hydrogens (tertiary/aromatic N) is 1. The van der Waals surface area contributed by atoms with Crippen LogP contribution in [0.4, 0.5) is 0 Å². The van der Waals surface area contributed by atoms with Crippen molar-refractivity contribution in [3.63, 3.8) is 0 Å². The smallest absolute Gasteiger partial charge is 0.204 e. The quantitative estimate of drug-likeness (QED) is 0.636. The summed E-state index contributed by atoms with van der Waals surface area (Å²) in [6, 6.07) is 17.6. The van der Waals surface area contributed by atoms with Crippen LogP contribution < -0.4 is 0 Å². The van der Waals surface area contributed by atoms with Crippen molar-refractivity contribution in [1.82, 2.24) is 4.90 Å². The molecule has 0 unspecified atom stereocenters. The zero-order chi connectivity index (χ0) is 19.3. The molecule has 144 valence electrons. The maximum absolute atomic E-state index is 13.4. The topological polar surface area (TPSA) is 37.4 Å². The number of unbranched alkanes of at least 4 members (excludes halogenated alkanes) is 1. The third-order valence-corrected chi connectivity index (χ3v) is 7.16. The van der Waals surface area contributed by atoms with E-state index in [1.54, 1.807) is 12.1 Å². The average molecular weight is 384 g/mol. The molecule has 0 spiro atoms. The fourth-order valence-electron chi connectivity index (χ4n) is 3.66. The number of rotatable bonds is 7. The maximum Gasteiger partial charge on any atom is 0.204 e. The van der Waals surface area contributed by atoms with Crippen molar-refractivity contribution in [1.29, 1.82) is 0 Å². The van der Waals surface area contributed by atoms with E-state index in [0.29, 0.717) is 16.2 Å². The van der Waals surface area contributed by atoms with E-state index in [2.05, 4.69) is 24.0 Å². The van der Waals surface area contributed by atoms with Crippen molar-refractivity contribution < 1.29 is 8.42 Å². The lowest BCUT2D eigenvalue weighted by Gasteiger charge is -2.34. The van der Waals surface area contributed by atoms with Gasteiger partial charge in [-0.15, -0.1) is 0 Å². The average Bonchev–Trinajstić information content (AvgIpc) is 2.68. The Labute approximate surface area is 163 Å². The molecule has 4 heteroatoms. The molecule has 27 heavy (non-hydrogen) atoms. The normalized spacial score (nSPS) is 15.3. The van der Waals surface area contributed by atoms with Gasteiger partial charge in [-0.1, -0.05) is 61.4 Å². The molecule has 1 aliphatic heterocycles. The molecule has 0 aliphatic carbocycles. The van der Waals surface area contributed by atoms with E-state index in [1.807, 2.05) is 37.3 Å². The highest BCUT2D eigenvalue weighted by Crippen LogP contribution is 2.34. The standard InChI is InChI=1S/C23H29NO2S/c1-3-4-11-22-23(27(25,26)21-15-13-19(2)14-16-21)12-8-17-24(22)18-20-9-6-5-7-10-20/h5-7,9-10,13-16H,3-4,8,11-12,17-18H2,1-2H3. The minimum Gasteiger partial charge on any atom is -0.370 e. The highest BCUT2D eigenvalue weighted by atomic mass is 32.2. The summed E-state index contributed by atoms with van der Waals surface area (Å²) in [6.07, 6.45) is 4.40. The Kier molecular flexibility index (Phi) is 6.38. The van der Waals surface area contributed by atoms with Crippen molar-refractivity contribution in [2.24, 2.45) is 0 Å². The summed E-state index contributed by atoms with van der Waals surface area (Å²) >= 11 is 0. The molecule has 0 aromatic heterocycles. The van der Waals surface area contributed by atoms with Gasteiger partial charge in [-0.25, -0.2) is 8.42 Å². The van der Waals surface area contributed by atoms with Gasteiger partial charge in [0.2, 0.25) is 9.84 Å². The summed E-state index contributed by atoms with van der Waals surface area (Å²) in [5.41, 5.74) is 3.32. The largest absolute Gasteiger partial charge is 0.370 e. The molecule has 0 atom stereocenters. The number of hydrogen-bond donors (Lipinski definition) is 0. The predicted octanol–water partition coefficient (Wildman–Crippen LogP) is 5.47. The Morgan fingerprint density at radius 2 is 1.70 bits per heavy atom. The molecular weight excluding hydrogens is 354 g/mol. The summed E-state index contributed by atoms with van der Waals surface area (Å²) < 4.78 is 26.8. The first kappa shape index (κ1) is 19.7. The van der Waals surface area contributed by atoms with Gasteiger partial charge in [0.25, 0.3) is 0 Å². The van der Waals surface area contributed by atoms with Crippen LogP contribution in [0.5, 0.6) is 0 Å². The van der Waals surface area contributed by atoms with Gasteiger partial charge in [-0.05, 0) is 50.3 Å². The molecule has 2 aromatic carbocycles. The summed E-state index contributed by atoms with van der Waals surface area (Å²) in [4.78, 5) is 3.33. The molecule has 0 fully saturated rings. The first-order valence-electron chi connectivity index (χ1n) is 9.85. The molecule has 0 bridgehead atoms. The molecule has 0 radical (unpaired) electrons. The van der Waals surface area contributed by atoms with E-state index in [9.17, 15) is 8.42 Å². The molecular formula is C23H29NO2S. The predicted molar refractivity (Wildman–Crippen MR) is 111 cm³/mol.